The fraction of sp³-hybridized carbons (Fsp3) is 0.0833. The number of halogens is 1. The second kappa shape index (κ2) is 5.66. The smallest absolute Gasteiger partial charge is 0.345 e. The number of nitro groups is 1. The third-order valence-corrected chi connectivity index (χ3v) is 3.41. The number of carboxylic acids is 1. The lowest BCUT2D eigenvalue weighted by atomic mass is 10.3. The summed E-state index contributed by atoms with van der Waals surface area (Å²) < 4.78 is 18.3. The number of carboxylic acid groups (broad SMARTS) is 1. The Balaban J connectivity index is 2.15. The van der Waals surface area contributed by atoms with Gasteiger partial charge in [0, 0.05) is 17.0 Å². The molecule has 0 bridgehead atoms. The number of hydrogen-bond donors (Lipinski definition) is 1. The average Bonchev–Trinajstić information content (AvgIpc) is 2.85. The summed E-state index contributed by atoms with van der Waals surface area (Å²) in [5.74, 6) is -1.90. The molecule has 0 spiro atoms. The van der Waals surface area contributed by atoms with Gasteiger partial charge >= 0.3 is 11.7 Å². The van der Waals surface area contributed by atoms with E-state index in [0.29, 0.717) is 4.88 Å². The Bertz CT molecular complexity index is 670. The van der Waals surface area contributed by atoms with E-state index < -0.39 is 16.7 Å². The third-order valence-electron chi connectivity index (χ3n) is 2.36. The maximum atomic E-state index is 13.1. The molecular formula is C12H8FNO5S. The molecule has 0 aliphatic carbocycles. The Hall–Kier alpha value is -2.48. The monoisotopic (exact) mass is 297 g/mol. The zero-order chi connectivity index (χ0) is 14.7. The molecular weight excluding hydrogens is 289 g/mol. The highest BCUT2D eigenvalue weighted by Gasteiger charge is 2.16. The lowest BCUT2D eigenvalue weighted by Gasteiger charge is -2.05. The zero-order valence-corrected chi connectivity index (χ0v) is 10.7. The largest absolute Gasteiger partial charge is 0.481 e. The maximum absolute atomic E-state index is 13.1. The molecule has 0 unspecified atom stereocenters. The summed E-state index contributed by atoms with van der Waals surface area (Å²) in [7, 11) is 0. The Morgan fingerprint density at radius 1 is 1.40 bits per heavy atom. The number of nitro benzene ring substituents is 1. The second-order valence-electron chi connectivity index (χ2n) is 3.73. The molecule has 0 atom stereocenters. The standard InChI is InChI=1S/C12H8FNO5S/c13-7-1-3-9(14(17)18)10(5-7)19-6-8-2-4-11(20-8)12(15)16/h1-5H,6H2,(H,15,16). The van der Waals surface area contributed by atoms with Gasteiger partial charge in [-0.2, -0.15) is 0 Å². The molecule has 0 fully saturated rings. The average molecular weight is 297 g/mol. The number of aromatic carboxylic acids is 1. The Kier molecular flexibility index (Phi) is 3.94. The van der Waals surface area contributed by atoms with Gasteiger partial charge in [0.05, 0.1) is 4.92 Å². The first-order valence-electron chi connectivity index (χ1n) is 5.36. The van der Waals surface area contributed by atoms with E-state index in [-0.39, 0.29) is 22.9 Å². The van der Waals surface area contributed by atoms with Crippen LogP contribution in [0.3, 0.4) is 0 Å². The lowest BCUT2D eigenvalue weighted by molar-refractivity contribution is -0.386. The van der Waals surface area contributed by atoms with Gasteiger partial charge < -0.3 is 9.84 Å². The van der Waals surface area contributed by atoms with Gasteiger partial charge in [0.1, 0.15) is 17.3 Å². The summed E-state index contributed by atoms with van der Waals surface area (Å²) >= 11 is 0.991. The molecule has 0 saturated heterocycles. The highest BCUT2D eigenvalue weighted by atomic mass is 32.1. The van der Waals surface area contributed by atoms with E-state index in [2.05, 4.69) is 0 Å². The van der Waals surface area contributed by atoms with Crippen LogP contribution in [0.1, 0.15) is 14.5 Å². The van der Waals surface area contributed by atoms with Crippen molar-refractivity contribution in [3.05, 3.63) is 56.0 Å². The molecule has 1 aromatic heterocycles. The van der Waals surface area contributed by atoms with E-state index in [1.165, 1.54) is 6.07 Å². The van der Waals surface area contributed by atoms with Crippen LogP contribution in [-0.4, -0.2) is 16.0 Å². The Morgan fingerprint density at radius 3 is 2.75 bits per heavy atom. The Labute approximate surface area is 116 Å². The summed E-state index contributed by atoms with van der Waals surface area (Å²) in [5, 5.41) is 19.5. The van der Waals surface area contributed by atoms with E-state index in [0.717, 1.165) is 29.5 Å². The van der Waals surface area contributed by atoms with Crippen molar-refractivity contribution in [2.24, 2.45) is 0 Å². The van der Waals surface area contributed by atoms with E-state index >= 15 is 0 Å². The number of carbonyl (C=O) groups is 1. The number of rotatable bonds is 5. The molecule has 0 aliphatic rings. The predicted molar refractivity (Wildman–Crippen MR) is 68.7 cm³/mol. The molecule has 6 nitrogen and oxygen atoms in total. The van der Waals surface area contributed by atoms with Crippen LogP contribution in [0.2, 0.25) is 0 Å². The van der Waals surface area contributed by atoms with Crippen molar-refractivity contribution in [1.82, 2.24) is 0 Å². The zero-order valence-electron chi connectivity index (χ0n) is 9.91. The van der Waals surface area contributed by atoms with Crippen molar-refractivity contribution in [1.29, 1.82) is 0 Å². The minimum Gasteiger partial charge on any atom is -0.481 e. The normalized spacial score (nSPS) is 10.2. The van der Waals surface area contributed by atoms with Crippen molar-refractivity contribution in [2.45, 2.75) is 6.61 Å². The van der Waals surface area contributed by atoms with E-state index in [4.69, 9.17) is 9.84 Å². The number of nitrogens with zero attached hydrogens (tertiary/aromatic N) is 1. The highest BCUT2D eigenvalue weighted by Crippen LogP contribution is 2.29. The summed E-state index contributed by atoms with van der Waals surface area (Å²) in [6.07, 6.45) is 0. The van der Waals surface area contributed by atoms with Gasteiger partial charge in [0.15, 0.2) is 5.75 Å². The van der Waals surface area contributed by atoms with Gasteiger partial charge in [0.2, 0.25) is 0 Å². The van der Waals surface area contributed by atoms with Crippen LogP contribution in [0.15, 0.2) is 30.3 Å². The molecule has 8 heteroatoms. The van der Waals surface area contributed by atoms with Gasteiger partial charge in [0.25, 0.3) is 0 Å². The van der Waals surface area contributed by atoms with Crippen LogP contribution in [0, 0.1) is 15.9 Å². The molecule has 1 heterocycles. The SMILES string of the molecule is O=C(O)c1ccc(COc2cc(F)ccc2[N+](=O)[O-])s1. The fourth-order valence-electron chi connectivity index (χ4n) is 1.47. The van der Waals surface area contributed by atoms with Crippen molar-refractivity contribution < 1.29 is 24.0 Å². The summed E-state index contributed by atoms with van der Waals surface area (Å²) in [6.45, 7) is -0.0672. The predicted octanol–water partition coefficient (Wildman–Crippen LogP) is 3.07. The van der Waals surface area contributed by atoms with Gasteiger partial charge in [-0.3, -0.25) is 10.1 Å². The van der Waals surface area contributed by atoms with E-state index in [1.54, 1.807) is 6.07 Å². The lowest BCUT2D eigenvalue weighted by Crippen LogP contribution is -1.98. The summed E-state index contributed by atoms with van der Waals surface area (Å²) in [4.78, 5) is 21.5. The molecule has 20 heavy (non-hydrogen) atoms. The third kappa shape index (κ3) is 3.09. The topological polar surface area (TPSA) is 89.7 Å². The molecule has 0 saturated carbocycles. The van der Waals surface area contributed by atoms with Gasteiger partial charge in [-0.05, 0) is 18.2 Å². The molecule has 104 valence electrons. The first kappa shape index (κ1) is 13.9. The van der Waals surface area contributed by atoms with Crippen LogP contribution < -0.4 is 4.74 Å². The summed E-state index contributed by atoms with van der Waals surface area (Å²) in [5.41, 5.74) is -0.346. The molecule has 2 aromatic rings. The molecule has 0 radical (unpaired) electrons. The number of thiophene rings is 1. The van der Waals surface area contributed by atoms with Crippen molar-refractivity contribution in [3.63, 3.8) is 0 Å². The minimum absolute atomic E-state index is 0.0672. The van der Waals surface area contributed by atoms with Crippen molar-refractivity contribution in [2.75, 3.05) is 0 Å². The first-order valence-corrected chi connectivity index (χ1v) is 6.18. The number of hydrogen-bond acceptors (Lipinski definition) is 5. The first-order chi connectivity index (χ1) is 9.47. The van der Waals surface area contributed by atoms with Gasteiger partial charge in [-0.15, -0.1) is 11.3 Å². The van der Waals surface area contributed by atoms with Gasteiger partial charge in [-0.25, -0.2) is 9.18 Å². The van der Waals surface area contributed by atoms with Crippen LogP contribution in [0.5, 0.6) is 5.75 Å². The molecule has 2 rings (SSSR count). The quantitative estimate of drug-likeness (QED) is 0.676. The molecule has 1 N–H and O–H groups in total. The Morgan fingerprint density at radius 2 is 2.15 bits per heavy atom. The fourth-order valence-corrected chi connectivity index (χ4v) is 2.23. The van der Waals surface area contributed by atoms with Crippen LogP contribution in [0.4, 0.5) is 10.1 Å². The van der Waals surface area contributed by atoms with Gasteiger partial charge in [-0.1, -0.05) is 0 Å². The number of benzene rings is 1. The second-order valence-corrected chi connectivity index (χ2v) is 4.90. The van der Waals surface area contributed by atoms with Crippen LogP contribution in [-0.2, 0) is 6.61 Å². The van der Waals surface area contributed by atoms with E-state index in [9.17, 15) is 19.3 Å². The summed E-state index contributed by atoms with van der Waals surface area (Å²) in [6, 6.07) is 5.86. The van der Waals surface area contributed by atoms with Crippen molar-refractivity contribution >= 4 is 23.0 Å². The maximum Gasteiger partial charge on any atom is 0.345 e. The van der Waals surface area contributed by atoms with Crippen LogP contribution in [0.25, 0.3) is 0 Å². The molecule has 0 amide bonds. The van der Waals surface area contributed by atoms with Crippen molar-refractivity contribution in [3.8, 4) is 5.75 Å². The molecule has 1 aromatic carbocycles. The highest BCUT2D eigenvalue weighted by molar-refractivity contribution is 7.13. The minimum atomic E-state index is -1.06. The van der Waals surface area contributed by atoms with Crippen LogP contribution >= 0.6 is 11.3 Å². The molecule has 0 aliphatic heterocycles. The number of ether oxygens (including phenoxy) is 1. The van der Waals surface area contributed by atoms with E-state index in [1.807, 2.05) is 0 Å².